The van der Waals surface area contributed by atoms with Crippen molar-refractivity contribution < 1.29 is 4.39 Å². The molecule has 2 nitrogen and oxygen atoms in total. The van der Waals surface area contributed by atoms with E-state index in [0.717, 1.165) is 16.9 Å². The van der Waals surface area contributed by atoms with Crippen LogP contribution in [0, 0.1) is 5.82 Å². The number of halogens is 3. The van der Waals surface area contributed by atoms with Gasteiger partial charge < -0.3 is 9.88 Å². The van der Waals surface area contributed by atoms with Crippen LogP contribution in [0.1, 0.15) is 37.2 Å². The van der Waals surface area contributed by atoms with Crippen LogP contribution in [-0.4, -0.2) is 4.57 Å². The fourth-order valence-electron chi connectivity index (χ4n) is 2.86. The first-order valence-corrected chi connectivity index (χ1v) is 8.85. The second-order valence-corrected chi connectivity index (χ2v) is 7.04. The van der Waals surface area contributed by atoms with Crippen LogP contribution in [-0.2, 0) is 0 Å². The number of aromatic nitrogens is 1. The average Bonchev–Trinajstić information content (AvgIpc) is 3.06. The lowest BCUT2D eigenvalue weighted by atomic mass is 10.0. The quantitative estimate of drug-likeness (QED) is 0.522. The lowest BCUT2D eigenvalue weighted by Gasteiger charge is -2.24. The molecule has 1 N–H and O–H groups in total. The average molecular weight is 377 g/mol. The van der Waals surface area contributed by atoms with E-state index in [1.54, 1.807) is 12.1 Å². The standard InChI is InChI=1S/C20H19Cl2FN2/c1-13(2)25-11-3-4-19(25)20(14-5-7-15(21)8-6-14)24-16-9-10-18(23)17(22)12-16/h3-13,20,24H,1-2H3. The van der Waals surface area contributed by atoms with Crippen molar-refractivity contribution in [2.75, 3.05) is 5.32 Å². The summed E-state index contributed by atoms with van der Waals surface area (Å²) < 4.78 is 15.7. The van der Waals surface area contributed by atoms with E-state index >= 15 is 0 Å². The highest BCUT2D eigenvalue weighted by Crippen LogP contribution is 2.31. The maximum absolute atomic E-state index is 13.5. The molecule has 0 spiro atoms. The smallest absolute Gasteiger partial charge is 0.141 e. The van der Waals surface area contributed by atoms with Crippen molar-refractivity contribution in [1.82, 2.24) is 4.57 Å². The van der Waals surface area contributed by atoms with E-state index in [4.69, 9.17) is 23.2 Å². The third-order valence-electron chi connectivity index (χ3n) is 4.10. The lowest BCUT2D eigenvalue weighted by molar-refractivity contribution is 0.569. The van der Waals surface area contributed by atoms with Gasteiger partial charge in [0.2, 0.25) is 0 Å². The van der Waals surface area contributed by atoms with Gasteiger partial charge in [-0.15, -0.1) is 0 Å². The Labute approximate surface area is 157 Å². The van der Waals surface area contributed by atoms with Gasteiger partial charge in [0.1, 0.15) is 5.82 Å². The van der Waals surface area contributed by atoms with Crippen LogP contribution in [0.15, 0.2) is 60.8 Å². The summed E-state index contributed by atoms with van der Waals surface area (Å²) in [4.78, 5) is 0. The topological polar surface area (TPSA) is 17.0 Å². The zero-order valence-corrected chi connectivity index (χ0v) is 15.5. The summed E-state index contributed by atoms with van der Waals surface area (Å²) in [5.74, 6) is -0.430. The van der Waals surface area contributed by atoms with Crippen LogP contribution in [0.2, 0.25) is 10.0 Å². The fraction of sp³-hybridized carbons (Fsp3) is 0.200. The first-order chi connectivity index (χ1) is 12.0. The van der Waals surface area contributed by atoms with Crippen LogP contribution in [0.5, 0.6) is 0 Å². The Morgan fingerprint density at radius 1 is 1.00 bits per heavy atom. The normalized spacial score (nSPS) is 12.4. The number of benzene rings is 2. The van der Waals surface area contributed by atoms with Gasteiger partial charge in [0.05, 0.1) is 11.1 Å². The summed E-state index contributed by atoms with van der Waals surface area (Å²) in [5.41, 5.74) is 2.92. The van der Waals surface area contributed by atoms with Gasteiger partial charge in [0, 0.05) is 28.6 Å². The zero-order valence-electron chi connectivity index (χ0n) is 14.0. The number of anilines is 1. The third kappa shape index (κ3) is 4.00. The van der Waals surface area contributed by atoms with Gasteiger partial charge in [-0.3, -0.25) is 0 Å². The second kappa shape index (κ2) is 7.51. The van der Waals surface area contributed by atoms with Crippen molar-refractivity contribution in [3.05, 3.63) is 87.9 Å². The van der Waals surface area contributed by atoms with Crippen molar-refractivity contribution in [3.8, 4) is 0 Å². The zero-order chi connectivity index (χ0) is 18.0. The molecule has 5 heteroatoms. The Kier molecular flexibility index (Phi) is 5.36. The molecule has 0 aliphatic heterocycles. The molecule has 0 aliphatic rings. The Bertz CT molecular complexity index is 856. The van der Waals surface area contributed by atoms with Gasteiger partial charge in [0.25, 0.3) is 0 Å². The molecule has 0 saturated carbocycles. The molecule has 0 saturated heterocycles. The molecule has 0 amide bonds. The molecule has 1 unspecified atom stereocenters. The maximum atomic E-state index is 13.5. The predicted molar refractivity (Wildman–Crippen MR) is 103 cm³/mol. The van der Waals surface area contributed by atoms with E-state index in [1.807, 2.05) is 30.3 Å². The summed E-state index contributed by atoms with van der Waals surface area (Å²) in [6.45, 7) is 4.27. The molecule has 1 atom stereocenters. The second-order valence-electron chi connectivity index (χ2n) is 6.19. The molecule has 0 radical (unpaired) electrons. The van der Waals surface area contributed by atoms with Gasteiger partial charge in [-0.1, -0.05) is 35.3 Å². The molecule has 1 heterocycles. The van der Waals surface area contributed by atoms with Gasteiger partial charge in [-0.25, -0.2) is 4.39 Å². The highest BCUT2D eigenvalue weighted by molar-refractivity contribution is 6.31. The first-order valence-electron chi connectivity index (χ1n) is 8.09. The molecular weight excluding hydrogens is 358 g/mol. The van der Waals surface area contributed by atoms with Crippen molar-refractivity contribution in [2.45, 2.75) is 25.9 Å². The first kappa shape index (κ1) is 17.8. The van der Waals surface area contributed by atoms with Crippen LogP contribution in [0.25, 0.3) is 0 Å². The number of hydrogen-bond acceptors (Lipinski definition) is 1. The van der Waals surface area contributed by atoms with E-state index < -0.39 is 5.82 Å². The Balaban J connectivity index is 2.03. The minimum Gasteiger partial charge on any atom is -0.373 e. The molecule has 3 aromatic rings. The molecule has 25 heavy (non-hydrogen) atoms. The Morgan fingerprint density at radius 3 is 2.36 bits per heavy atom. The SMILES string of the molecule is CC(C)n1cccc1C(Nc1ccc(F)c(Cl)c1)c1ccc(Cl)cc1. The summed E-state index contributed by atoms with van der Waals surface area (Å²) in [6.07, 6.45) is 2.06. The van der Waals surface area contributed by atoms with E-state index in [1.165, 1.54) is 6.07 Å². The van der Waals surface area contributed by atoms with Crippen LogP contribution in [0.4, 0.5) is 10.1 Å². The van der Waals surface area contributed by atoms with Crippen LogP contribution in [0.3, 0.4) is 0 Å². The van der Waals surface area contributed by atoms with Crippen molar-refractivity contribution >= 4 is 28.9 Å². The number of hydrogen-bond donors (Lipinski definition) is 1. The number of nitrogens with one attached hydrogen (secondary N) is 1. The van der Waals surface area contributed by atoms with Crippen LogP contribution < -0.4 is 5.32 Å². The van der Waals surface area contributed by atoms with Crippen molar-refractivity contribution in [1.29, 1.82) is 0 Å². The minimum absolute atomic E-state index is 0.0964. The summed E-state index contributed by atoms with van der Waals surface area (Å²) in [7, 11) is 0. The fourth-order valence-corrected chi connectivity index (χ4v) is 3.16. The number of rotatable bonds is 5. The maximum Gasteiger partial charge on any atom is 0.141 e. The summed E-state index contributed by atoms with van der Waals surface area (Å²) >= 11 is 12.0. The molecule has 0 fully saturated rings. The molecule has 130 valence electrons. The van der Waals surface area contributed by atoms with E-state index in [2.05, 4.69) is 36.0 Å². The molecular formula is C20H19Cl2FN2. The highest BCUT2D eigenvalue weighted by Gasteiger charge is 2.19. The van der Waals surface area contributed by atoms with Gasteiger partial charge in [-0.05, 0) is 61.9 Å². The lowest BCUT2D eigenvalue weighted by Crippen LogP contribution is -2.17. The third-order valence-corrected chi connectivity index (χ3v) is 4.64. The highest BCUT2D eigenvalue weighted by atomic mass is 35.5. The molecule has 2 aromatic carbocycles. The monoisotopic (exact) mass is 376 g/mol. The Morgan fingerprint density at radius 2 is 1.72 bits per heavy atom. The Hall–Kier alpha value is -1.97. The van der Waals surface area contributed by atoms with Gasteiger partial charge >= 0.3 is 0 Å². The van der Waals surface area contributed by atoms with E-state index in [-0.39, 0.29) is 11.1 Å². The van der Waals surface area contributed by atoms with Gasteiger partial charge in [0.15, 0.2) is 0 Å². The molecule has 0 bridgehead atoms. The van der Waals surface area contributed by atoms with Crippen molar-refractivity contribution in [2.24, 2.45) is 0 Å². The van der Waals surface area contributed by atoms with Gasteiger partial charge in [-0.2, -0.15) is 0 Å². The molecule has 0 aliphatic carbocycles. The largest absolute Gasteiger partial charge is 0.373 e. The number of nitrogens with zero attached hydrogens (tertiary/aromatic N) is 1. The van der Waals surface area contributed by atoms with E-state index in [9.17, 15) is 4.39 Å². The molecule has 3 rings (SSSR count). The van der Waals surface area contributed by atoms with Crippen LogP contribution >= 0.6 is 23.2 Å². The predicted octanol–water partition coefficient (Wildman–Crippen LogP) is 6.72. The minimum atomic E-state index is -0.430. The summed E-state index contributed by atoms with van der Waals surface area (Å²) in [5, 5.41) is 4.25. The van der Waals surface area contributed by atoms with E-state index in [0.29, 0.717) is 11.1 Å². The molecule has 1 aromatic heterocycles. The van der Waals surface area contributed by atoms with Crippen molar-refractivity contribution in [3.63, 3.8) is 0 Å². The summed E-state index contributed by atoms with van der Waals surface area (Å²) in [6, 6.07) is 16.7.